The van der Waals surface area contributed by atoms with Gasteiger partial charge in [0, 0.05) is 35.9 Å². The van der Waals surface area contributed by atoms with E-state index in [0.29, 0.717) is 23.9 Å². The highest BCUT2D eigenvalue weighted by molar-refractivity contribution is 6.30. The van der Waals surface area contributed by atoms with Gasteiger partial charge in [-0.25, -0.2) is 4.68 Å². The smallest absolute Gasteiger partial charge is 0.246 e. The molecule has 1 aromatic heterocycles. The van der Waals surface area contributed by atoms with Gasteiger partial charge in [-0.2, -0.15) is 0 Å². The quantitative estimate of drug-likeness (QED) is 0.809. The largest absolute Gasteiger partial charge is 0.496 e. The molecule has 0 bridgehead atoms. The number of hydrogen-bond acceptors (Lipinski definition) is 4. The van der Waals surface area contributed by atoms with Crippen molar-refractivity contribution >= 4 is 23.6 Å². The Morgan fingerprint density at radius 1 is 1.45 bits per heavy atom. The molecule has 114 valence electrons. The molecule has 2 heterocycles. The van der Waals surface area contributed by atoms with E-state index in [9.17, 15) is 4.79 Å². The molecule has 0 saturated carbocycles. The summed E-state index contributed by atoms with van der Waals surface area (Å²) in [6, 6.07) is 5.49. The number of carbonyl (C=O) groups is 1. The average molecular weight is 319 g/mol. The molecule has 2 aromatic rings. The number of hydrogen-bond donors (Lipinski definition) is 0. The van der Waals surface area contributed by atoms with Crippen LogP contribution < -0.4 is 4.74 Å². The van der Waals surface area contributed by atoms with E-state index < -0.39 is 0 Å². The number of amides is 1. The van der Waals surface area contributed by atoms with Crippen molar-refractivity contribution in [3.05, 3.63) is 47.3 Å². The van der Waals surface area contributed by atoms with E-state index in [1.165, 1.54) is 6.08 Å². The van der Waals surface area contributed by atoms with Crippen LogP contribution in [0, 0.1) is 0 Å². The Morgan fingerprint density at radius 3 is 2.95 bits per heavy atom. The molecular weight excluding hydrogens is 304 g/mol. The first-order valence-electron chi connectivity index (χ1n) is 6.83. The summed E-state index contributed by atoms with van der Waals surface area (Å²) in [6.07, 6.45) is 6.69. The topological polar surface area (TPSA) is 60.2 Å². The third-order valence-electron chi connectivity index (χ3n) is 3.59. The second kappa shape index (κ2) is 6.19. The van der Waals surface area contributed by atoms with Crippen LogP contribution in [-0.2, 0) is 4.79 Å². The molecule has 1 saturated heterocycles. The standard InChI is InChI=1S/C15H15ClN4O2/c1-22-14-4-3-12(16)8-11(14)2-5-15(21)19-9-13(10-19)20-7-6-17-18-20/h2-8,13H,9-10H2,1H3. The fourth-order valence-electron chi connectivity index (χ4n) is 2.32. The maximum absolute atomic E-state index is 12.1. The Balaban J connectivity index is 1.62. The van der Waals surface area contributed by atoms with Crippen molar-refractivity contribution in [2.24, 2.45) is 0 Å². The van der Waals surface area contributed by atoms with Gasteiger partial charge < -0.3 is 9.64 Å². The molecule has 0 N–H and O–H groups in total. The summed E-state index contributed by atoms with van der Waals surface area (Å²) in [6.45, 7) is 1.28. The fraction of sp³-hybridized carbons (Fsp3) is 0.267. The number of methoxy groups -OCH3 is 1. The highest BCUT2D eigenvalue weighted by Gasteiger charge is 2.31. The van der Waals surface area contributed by atoms with Crippen molar-refractivity contribution < 1.29 is 9.53 Å². The lowest BCUT2D eigenvalue weighted by Gasteiger charge is -2.38. The van der Waals surface area contributed by atoms with E-state index in [-0.39, 0.29) is 11.9 Å². The molecule has 1 aromatic carbocycles. The van der Waals surface area contributed by atoms with E-state index in [1.54, 1.807) is 53.4 Å². The molecule has 1 fully saturated rings. The van der Waals surface area contributed by atoms with Crippen LogP contribution in [0.15, 0.2) is 36.7 Å². The third kappa shape index (κ3) is 2.96. The van der Waals surface area contributed by atoms with Gasteiger partial charge in [-0.15, -0.1) is 5.10 Å². The first-order chi connectivity index (χ1) is 10.7. The maximum atomic E-state index is 12.1. The number of halogens is 1. The van der Waals surface area contributed by atoms with Crippen molar-refractivity contribution in [3.63, 3.8) is 0 Å². The summed E-state index contributed by atoms with van der Waals surface area (Å²) in [5.74, 6) is 0.635. The van der Waals surface area contributed by atoms with E-state index >= 15 is 0 Å². The minimum Gasteiger partial charge on any atom is -0.496 e. The van der Waals surface area contributed by atoms with Gasteiger partial charge in [-0.1, -0.05) is 16.8 Å². The molecule has 7 heteroatoms. The lowest BCUT2D eigenvalue weighted by molar-refractivity contribution is -0.131. The first kappa shape index (κ1) is 14.6. The van der Waals surface area contributed by atoms with E-state index in [0.717, 1.165) is 5.56 Å². The molecule has 1 aliphatic heterocycles. The van der Waals surface area contributed by atoms with Crippen LogP contribution in [0.5, 0.6) is 5.75 Å². The first-order valence-corrected chi connectivity index (χ1v) is 7.21. The van der Waals surface area contributed by atoms with Gasteiger partial charge in [0.05, 0.1) is 19.3 Å². The van der Waals surface area contributed by atoms with Crippen molar-refractivity contribution in [3.8, 4) is 5.75 Å². The molecule has 1 aliphatic rings. The summed E-state index contributed by atoms with van der Waals surface area (Å²) in [5, 5.41) is 8.31. The fourth-order valence-corrected chi connectivity index (χ4v) is 2.50. The molecule has 0 aliphatic carbocycles. The number of nitrogens with zero attached hydrogens (tertiary/aromatic N) is 4. The molecule has 1 amide bonds. The van der Waals surface area contributed by atoms with Crippen LogP contribution >= 0.6 is 11.6 Å². The zero-order valence-corrected chi connectivity index (χ0v) is 12.8. The molecule has 22 heavy (non-hydrogen) atoms. The molecular formula is C15H15ClN4O2. The van der Waals surface area contributed by atoms with Gasteiger partial charge in [-0.05, 0) is 24.3 Å². The van der Waals surface area contributed by atoms with Crippen LogP contribution in [0.1, 0.15) is 11.6 Å². The van der Waals surface area contributed by atoms with Gasteiger partial charge >= 0.3 is 0 Å². The third-order valence-corrected chi connectivity index (χ3v) is 3.82. The number of rotatable bonds is 4. The Hall–Kier alpha value is -2.34. The highest BCUT2D eigenvalue weighted by Crippen LogP contribution is 2.25. The summed E-state index contributed by atoms with van der Waals surface area (Å²) in [7, 11) is 1.58. The number of likely N-dealkylation sites (tertiary alicyclic amines) is 1. The van der Waals surface area contributed by atoms with Gasteiger partial charge in [0.15, 0.2) is 0 Å². The molecule has 0 unspecified atom stereocenters. The highest BCUT2D eigenvalue weighted by atomic mass is 35.5. The normalized spacial score (nSPS) is 15.1. The molecule has 6 nitrogen and oxygen atoms in total. The number of aromatic nitrogens is 3. The minimum atomic E-state index is -0.0432. The predicted molar refractivity (Wildman–Crippen MR) is 82.7 cm³/mol. The SMILES string of the molecule is COc1ccc(Cl)cc1C=CC(=O)N1CC(n2ccnn2)C1. The van der Waals surface area contributed by atoms with Gasteiger partial charge in [0.1, 0.15) is 5.75 Å². The second-order valence-corrected chi connectivity index (χ2v) is 5.44. The number of carbonyl (C=O) groups excluding carboxylic acids is 1. The maximum Gasteiger partial charge on any atom is 0.246 e. The monoisotopic (exact) mass is 318 g/mol. The summed E-state index contributed by atoms with van der Waals surface area (Å²) >= 11 is 5.97. The summed E-state index contributed by atoms with van der Waals surface area (Å²) in [5.41, 5.74) is 0.775. The lowest BCUT2D eigenvalue weighted by atomic mass is 10.1. The Labute approximate surface area is 132 Å². The predicted octanol–water partition coefficient (Wildman–Crippen LogP) is 2.04. The molecule has 0 radical (unpaired) electrons. The van der Waals surface area contributed by atoms with Crippen LogP contribution in [0.2, 0.25) is 5.02 Å². The Bertz CT molecular complexity index is 694. The van der Waals surface area contributed by atoms with Crippen LogP contribution in [0.3, 0.4) is 0 Å². The van der Waals surface area contributed by atoms with E-state index in [1.807, 2.05) is 0 Å². The van der Waals surface area contributed by atoms with Crippen LogP contribution in [-0.4, -0.2) is 46.0 Å². The number of benzene rings is 1. The summed E-state index contributed by atoms with van der Waals surface area (Å²) < 4.78 is 7.02. The van der Waals surface area contributed by atoms with Crippen molar-refractivity contribution in [1.82, 2.24) is 19.9 Å². The van der Waals surface area contributed by atoms with Crippen LogP contribution in [0.25, 0.3) is 6.08 Å². The molecule has 0 atom stereocenters. The number of ether oxygens (including phenoxy) is 1. The minimum absolute atomic E-state index is 0.0432. The summed E-state index contributed by atoms with van der Waals surface area (Å²) in [4.78, 5) is 13.9. The van der Waals surface area contributed by atoms with Gasteiger partial charge in [0.25, 0.3) is 0 Å². The average Bonchev–Trinajstić information content (AvgIpc) is 2.97. The molecule has 0 spiro atoms. The lowest BCUT2D eigenvalue weighted by Crippen LogP contribution is -2.50. The van der Waals surface area contributed by atoms with E-state index in [4.69, 9.17) is 16.3 Å². The second-order valence-electron chi connectivity index (χ2n) is 5.00. The molecule has 3 rings (SSSR count). The van der Waals surface area contributed by atoms with Gasteiger partial charge in [0.2, 0.25) is 5.91 Å². The van der Waals surface area contributed by atoms with Gasteiger partial charge in [-0.3, -0.25) is 4.79 Å². The zero-order chi connectivity index (χ0) is 15.5. The van der Waals surface area contributed by atoms with Crippen molar-refractivity contribution in [1.29, 1.82) is 0 Å². The zero-order valence-electron chi connectivity index (χ0n) is 12.0. The van der Waals surface area contributed by atoms with Crippen molar-refractivity contribution in [2.75, 3.05) is 20.2 Å². The van der Waals surface area contributed by atoms with Crippen molar-refractivity contribution in [2.45, 2.75) is 6.04 Å². The van der Waals surface area contributed by atoms with Crippen LogP contribution in [0.4, 0.5) is 0 Å². The Morgan fingerprint density at radius 2 is 2.27 bits per heavy atom. The Kier molecular flexibility index (Phi) is 4.11. The van der Waals surface area contributed by atoms with E-state index in [2.05, 4.69) is 10.3 Å².